The lowest BCUT2D eigenvalue weighted by molar-refractivity contribution is -0.130. The molecule has 1 heterocycles. The normalized spacial score (nSPS) is 22.7. The van der Waals surface area contributed by atoms with E-state index in [1.54, 1.807) is 4.90 Å². The predicted octanol–water partition coefficient (Wildman–Crippen LogP) is 0.278. The van der Waals surface area contributed by atoms with Gasteiger partial charge in [-0.2, -0.15) is 0 Å². The van der Waals surface area contributed by atoms with Gasteiger partial charge in [-0.3, -0.25) is 9.69 Å². The van der Waals surface area contributed by atoms with Crippen molar-refractivity contribution < 1.29 is 4.79 Å². The van der Waals surface area contributed by atoms with Crippen LogP contribution >= 0.6 is 0 Å². The molecule has 4 nitrogen and oxygen atoms in total. The van der Waals surface area contributed by atoms with E-state index in [9.17, 15) is 4.79 Å². The highest BCUT2D eigenvalue weighted by atomic mass is 16.2. The van der Waals surface area contributed by atoms with Gasteiger partial charge in [-0.25, -0.2) is 0 Å². The number of carbonyl (C=O) groups excluding carboxylic acids is 1. The van der Waals surface area contributed by atoms with Crippen molar-refractivity contribution in [1.29, 1.82) is 0 Å². The third-order valence-electron chi connectivity index (χ3n) is 3.09. The van der Waals surface area contributed by atoms with Crippen molar-refractivity contribution in [2.75, 3.05) is 33.7 Å². The SMILES string of the molecule is CN(C)C(=O)CN1CCCCC1CCN. The van der Waals surface area contributed by atoms with Crippen molar-refractivity contribution in [3.63, 3.8) is 0 Å². The lowest BCUT2D eigenvalue weighted by Crippen LogP contribution is -2.45. The highest BCUT2D eigenvalue weighted by molar-refractivity contribution is 5.77. The minimum Gasteiger partial charge on any atom is -0.348 e. The van der Waals surface area contributed by atoms with Crippen molar-refractivity contribution in [1.82, 2.24) is 9.80 Å². The largest absolute Gasteiger partial charge is 0.348 e. The molecule has 1 aliphatic rings. The molecular formula is C11H23N3O. The minimum absolute atomic E-state index is 0.193. The van der Waals surface area contributed by atoms with Gasteiger partial charge in [-0.1, -0.05) is 6.42 Å². The van der Waals surface area contributed by atoms with Crippen LogP contribution in [0.4, 0.5) is 0 Å². The molecule has 1 amide bonds. The molecular weight excluding hydrogens is 190 g/mol. The van der Waals surface area contributed by atoms with E-state index < -0.39 is 0 Å². The van der Waals surface area contributed by atoms with Crippen LogP contribution in [-0.2, 0) is 4.79 Å². The summed E-state index contributed by atoms with van der Waals surface area (Å²) < 4.78 is 0. The zero-order chi connectivity index (χ0) is 11.3. The lowest BCUT2D eigenvalue weighted by Gasteiger charge is -2.35. The van der Waals surface area contributed by atoms with Gasteiger partial charge >= 0.3 is 0 Å². The summed E-state index contributed by atoms with van der Waals surface area (Å²) in [6.45, 7) is 2.32. The fourth-order valence-corrected chi connectivity index (χ4v) is 2.10. The molecule has 0 bridgehead atoms. The predicted molar refractivity (Wildman–Crippen MR) is 61.6 cm³/mol. The molecule has 1 saturated heterocycles. The Morgan fingerprint density at radius 1 is 1.47 bits per heavy atom. The number of hydrogen-bond acceptors (Lipinski definition) is 3. The third kappa shape index (κ3) is 3.80. The molecule has 15 heavy (non-hydrogen) atoms. The van der Waals surface area contributed by atoms with Crippen LogP contribution in [0.15, 0.2) is 0 Å². The molecule has 1 aliphatic heterocycles. The smallest absolute Gasteiger partial charge is 0.236 e. The Bertz CT molecular complexity index is 204. The summed E-state index contributed by atoms with van der Waals surface area (Å²) in [6.07, 6.45) is 4.69. The van der Waals surface area contributed by atoms with E-state index >= 15 is 0 Å². The van der Waals surface area contributed by atoms with Gasteiger partial charge in [0.25, 0.3) is 0 Å². The topological polar surface area (TPSA) is 49.6 Å². The Hall–Kier alpha value is -0.610. The average molecular weight is 213 g/mol. The van der Waals surface area contributed by atoms with Crippen molar-refractivity contribution in [2.45, 2.75) is 31.7 Å². The van der Waals surface area contributed by atoms with E-state index in [1.165, 1.54) is 19.3 Å². The second-order valence-corrected chi connectivity index (χ2v) is 4.49. The Labute approximate surface area is 92.4 Å². The molecule has 2 N–H and O–H groups in total. The van der Waals surface area contributed by atoms with Crippen LogP contribution in [0.1, 0.15) is 25.7 Å². The molecule has 0 radical (unpaired) electrons. The van der Waals surface area contributed by atoms with Gasteiger partial charge in [0.1, 0.15) is 0 Å². The fraction of sp³-hybridized carbons (Fsp3) is 0.909. The van der Waals surface area contributed by atoms with E-state index in [0.717, 1.165) is 19.5 Å². The van der Waals surface area contributed by atoms with E-state index in [0.29, 0.717) is 12.6 Å². The number of hydrogen-bond donors (Lipinski definition) is 1. The summed E-state index contributed by atoms with van der Waals surface area (Å²) in [5, 5.41) is 0. The molecule has 0 saturated carbocycles. The second-order valence-electron chi connectivity index (χ2n) is 4.49. The maximum absolute atomic E-state index is 11.6. The van der Waals surface area contributed by atoms with Crippen molar-refractivity contribution in [3.05, 3.63) is 0 Å². The molecule has 0 aliphatic carbocycles. The van der Waals surface area contributed by atoms with E-state index in [2.05, 4.69) is 4.90 Å². The van der Waals surface area contributed by atoms with E-state index in [1.807, 2.05) is 14.1 Å². The van der Waals surface area contributed by atoms with Crippen molar-refractivity contribution in [2.24, 2.45) is 5.73 Å². The van der Waals surface area contributed by atoms with Crippen LogP contribution < -0.4 is 5.73 Å². The molecule has 4 heteroatoms. The number of nitrogens with zero attached hydrogens (tertiary/aromatic N) is 2. The Morgan fingerprint density at radius 2 is 2.20 bits per heavy atom. The van der Waals surface area contributed by atoms with Crippen molar-refractivity contribution in [3.8, 4) is 0 Å². The number of likely N-dealkylation sites (tertiary alicyclic amines) is 1. The molecule has 1 fully saturated rings. The minimum atomic E-state index is 0.193. The highest BCUT2D eigenvalue weighted by Gasteiger charge is 2.23. The summed E-state index contributed by atoms with van der Waals surface area (Å²) in [5.74, 6) is 0.193. The van der Waals surface area contributed by atoms with Crippen LogP contribution in [0.5, 0.6) is 0 Å². The zero-order valence-corrected chi connectivity index (χ0v) is 9.91. The monoisotopic (exact) mass is 213 g/mol. The number of nitrogens with two attached hydrogens (primary N) is 1. The maximum Gasteiger partial charge on any atom is 0.236 e. The second kappa shape index (κ2) is 6.08. The quantitative estimate of drug-likeness (QED) is 0.729. The zero-order valence-electron chi connectivity index (χ0n) is 9.91. The summed E-state index contributed by atoms with van der Waals surface area (Å²) in [4.78, 5) is 15.6. The molecule has 0 aromatic heterocycles. The molecule has 0 spiro atoms. The standard InChI is InChI=1S/C11H23N3O/c1-13(2)11(15)9-14-8-4-3-5-10(14)6-7-12/h10H,3-9,12H2,1-2H3. The third-order valence-corrected chi connectivity index (χ3v) is 3.09. The first-order chi connectivity index (χ1) is 7.15. The number of piperidine rings is 1. The van der Waals surface area contributed by atoms with Crippen molar-refractivity contribution >= 4 is 5.91 Å². The first kappa shape index (κ1) is 12.5. The van der Waals surface area contributed by atoms with Gasteiger partial charge in [-0.05, 0) is 32.4 Å². The fourth-order valence-electron chi connectivity index (χ4n) is 2.10. The van der Waals surface area contributed by atoms with E-state index in [4.69, 9.17) is 5.73 Å². The molecule has 1 rings (SSSR count). The van der Waals surface area contributed by atoms with Gasteiger partial charge in [0.2, 0.25) is 5.91 Å². The Morgan fingerprint density at radius 3 is 2.80 bits per heavy atom. The van der Waals surface area contributed by atoms with Crippen LogP contribution in [0.2, 0.25) is 0 Å². The Balaban J connectivity index is 2.45. The Kier molecular flexibility index (Phi) is 5.05. The van der Waals surface area contributed by atoms with Crippen LogP contribution in [0, 0.1) is 0 Å². The molecule has 1 atom stereocenters. The summed E-state index contributed by atoms with van der Waals surface area (Å²) in [7, 11) is 3.62. The van der Waals surface area contributed by atoms with Gasteiger partial charge < -0.3 is 10.6 Å². The van der Waals surface area contributed by atoms with Gasteiger partial charge in [-0.15, -0.1) is 0 Å². The molecule has 88 valence electrons. The van der Waals surface area contributed by atoms with Crippen LogP contribution in [0.3, 0.4) is 0 Å². The van der Waals surface area contributed by atoms with Crippen LogP contribution in [0.25, 0.3) is 0 Å². The van der Waals surface area contributed by atoms with Gasteiger partial charge in [0, 0.05) is 20.1 Å². The molecule has 0 aromatic carbocycles. The number of amides is 1. The summed E-state index contributed by atoms with van der Waals surface area (Å²) >= 11 is 0. The summed E-state index contributed by atoms with van der Waals surface area (Å²) in [6, 6.07) is 0.521. The van der Waals surface area contributed by atoms with E-state index in [-0.39, 0.29) is 5.91 Å². The molecule has 0 aromatic rings. The average Bonchev–Trinajstić information content (AvgIpc) is 2.21. The maximum atomic E-state index is 11.6. The first-order valence-electron chi connectivity index (χ1n) is 5.79. The summed E-state index contributed by atoms with van der Waals surface area (Å²) in [5.41, 5.74) is 5.59. The van der Waals surface area contributed by atoms with Gasteiger partial charge in [0.15, 0.2) is 0 Å². The highest BCUT2D eigenvalue weighted by Crippen LogP contribution is 2.18. The number of carbonyl (C=O) groups is 1. The van der Waals surface area contributed by atoms with Crippen LogP contribution in [-0.4, -0.2) is 55.5 Å². The molecule has 1 unspecified atom stereocenters. The number of rotatable bonds is 4. The first-order valence-corrected chi connectivity index (χ1v) is 5.79. The lowest BCUT2D eigenvalue weighted by atomic mass is 9.99. The van der Waals surface area contributed by atoms with Gasteiger partial charge in [0.05, 0.1) is 6.54 Å². The number of likely N-dealkylation sites (N-methyl/N-ethyl adjacent to an activating group) is 1.